The van der Waals surface area contributed by atoms with Crippen molar-refractivity contribution in [2.24, 2.45) is 4.99 Å². The van der Waals surface area contributed by atoms with Crippen molar-refractivity contribution in [3.05, 3.63) is 23.9 Å². The summed E-state index contributed by atoms with van der Waals surface area (Å²) in [6.07, 6.45) is 3.40. The number of likely N-dealkylation sites (tertiary alicyclic amines) is 1. The highest BCUT2D eigenvalue weighted by atomic mass is 127. The number of aliphatic imine (C=N–C) groups is 1. The highest BCUT2D eigenvalue weighted by Gasteiger charge is 2.34. The molecule has 0 amide bonds. The van der Waals surface area contributed by atoms with Crippen LogP contribution in [0.15, 0.2) is 23.3 Å². The molecule has 3 heterocycles. The SMILES string of the molecule is CCNC(=NCc1ccc(N2CCCCCC2)nc1)NC1CCN(CC(F)(F)F)C1.I. The third-order valence-electron chi connectivity index (χ3n) is 5.52. The van der Waals surface area contributed by atoms with Gasteiger partial charge in [-0.05, 0) is 37.8 Å². The molecule has 0 aliphatic carbocycles. The summed E-state index contributed by atoms with van der Waals surface area (Å²) in [5, 5.41) is 6.46. The maximum Gasteiger partial charge on any atom is 0.401 e. The van der Waals surface area contributed by atoms with Crippen molar-refractivity contribution in [2.45, 2.75) is 57.8 Å². The Hall–Kier alpha value is -1.30. The van der Waals surface area contributed by atoms with Crippen LogP contribution in [0.25, 0.3) is 0 Å². The summed E-state index contributed by atoms with van der Waals surface area (Å²) in [6, 6.07) is 4.08. The summed E-state index contributed by atoms with van der Waals surface area (Å²) < 4.78 is 37.8. The first-order valence-electron chi connectivity index (χ1n) is 11.0. The molecule has 0 saturated carbocycles. The van der Waals surface area contributed by atoms with Gasteiger partial charge in [-0.3, -0.25) is 4.90 Å². The van der Waals surface area contributed by atoms with Gasteiger partial charge in [0.25, 0.3) is 0 Å². The molecule has 3 rings (SSSR count). The van der Waals surface area contributed by atoms with Gasteiger partial charge in [-0.15, -0.1) is 24.0 Å². The van der Waals surface area contributed by atoms with E-state index in [1.807, 2.05) is 13.1 Å². The number of guanidine groups is 1. The topological polar surface area (TPSA) is 55.8 Å². The number of aromatic nitrogens is 1. The molecule has 0 aromatic carbocycles. The highest BCUT2D eigenvalue weighted by Crippen LogP contribution is 2.20. The van der Waals surface area contributed by atoms with Crippen LogP contribution in [0.1, 0.15) is 44.6 Å². The molecule has 2 fully saturated rings. The van der Waals surface area contributed by atoms with E-state index in [0.29, 0.717) is 38.6 Å². The molecule has 10 heteroatoms. The quantitative estimate of drug-likeness (QED) is 0.319. The van der Waals surface area contributed by atoms with E-state index in [0.717, 1.165) is 24.5 Å². The van der Waals surface area contributed by atoms with Crippen LogP contribution in [0.2, 0.25) is 0 Å². The molecule has 2 saturated heterocycles. The molecule has 0 bridgehead atoms. The number of anilines is 1. The van der Waals surface area contributed by atoms with Crippen LogP contribution < -0.4 is 15.5 Å². The standard InChI is InChI=1S/C21H33F3N6.HI/c1-2-25-20(28-18-9-12-29(15-18)16-21(22,23)24)27-14-17-7-8-19(26-13-17)30-10-5-3-4-6-11-30;/h7-8,13,18H,2-6,9-12,14-16H2,1H3,(H2,25,27,28);1H. The molecule has 31 heavy (non-hydrogen) atoms. The molecule has 176 valence electrons. The maximum atomic E-state index is 12.6. The lowest BCUT2D eigenvalue weighted by atomic mass is 10.2. The molecular weight excluding hydrogens is 520 g/mol. The summed E-state index contributed by atoms with van der Waals surface area (Å²) in [5.41, 5.74) is 1.01. The fourth-order valence-corrected chi connectivity index (χ4v) is 4.03. The summed E-state index contributed by atoms with van der Waals surface area (Å²) in [4.78, 5) is 13.0. The average Bonchev–Trinajstić information content (AvgIpc) is 2.95. The number of halogens is 4. The van der Waals surface area contributed by atoms with Crippen molar-refractivity contribution in [1.82, 2.24) is 20.5 Å². The zero-order valence-electron chi connectivity index (χ0n) is 18.1. The summed E-state index contributed by atoms with van der Waals surface area (Å²) in [5.74, 6) is 1.65. The Bertz CT molecular complexity index is 675. The molecular formula is C21H34F3IN6. The Labute approximate surface area is 200 Å². The minimum Gasteiger partial charge on any atom is -0.357 e. The molecule has 0 spiro atoms. The van der Waals surface area contributed by atoms with Crippen LogP contribution in [0.4, 0.5) is 19.0 Å². The molecule has 2 aliphatic heterocycles. The average molecular weight is 554 g/mol. The third kappa shape index (κ3) is 8.99. The van der Waals surface area contributed by atoms with Crippen LogP contribution >= 0.6 is 24.0 Å². The second kappa shape index (κ2) is 12.7. The van der Waals surface area contributed by atoms with E-state index in [2.05, 4.69) is 37.6 Å². The van der Waals surface area contributed by atoms with Crippen molar-refractivity contribution >= 4 is 35.8 Å². The Morgan fingerprint density at radius 1 is 1.16 bits per heavy atom. The summed E-state index contributed by atoms with van der Waals surface area (Å²) in [6.45, 7) is 5.22. The maximum absolute atomic E-state index is 12.6. The summed E-state index contributed by atoms with van der Waals surface area (Å²) >= 11 is 0. The van der Waals surface area contributed by atoms with Gasteiger partial charge in [0.2, 0.25) is 0 Å². The van der Waals surface area contributed by atoms with E-state index in [-0.39, 0.29) is 30.0 Å². The van der Waals surface area contributed by atoms with Gasteiger partial charge >= 0.3 is 6.18 Å². The number of hydrogen-bond acceptors (Lipinski definition) is 4. The van der Waals surface area contributed by atoms with Crippen molar-refractivity contribution in [3.8, 4) is 0 Å². The van der Waals surface area contributed by atoms with Gasteiger partial charge in [0.05, 0.1) is 13.1 Å². The van der Waals surface area contributed by atoms with Gasteiger partial charge in [-0.2, -0.15) is 13.2 Å². The number of hydrogen-bond donors (Lipinski definition) is 2. The highest BCUT2D eigenvalue weighted by molar-refractivity contribution is 14.0. The Morgan fingerprint density at radius 3 is 2.52 bits per heavy atom. The lowest BCUT2D eigenvalue weighted by molar-refractivity contribution is -0.143. The first-order valence-corrected chi connectivity index (χ1v) is 11.0. The lowest BCUT2D eigenvalue weighted by Gasteiger charge is -2.21. The third-order valence-corrected chi connectivity index (χ3v) is 5.52. The Kier molecular flexibility index (Phi) is 10.6. The second-order valence-electron chi connectivity index (χ2n) is 8.10. The number of rotatable bonds is 6. The molecule has 1 unspecified atom stereocenters. The Morgan fingerprint density at radius 2 is 1.90 bits per heavy atom. The minimum absolute atomic E-state index is 0. The van der Waals surface area contributed by atoms with Crippen LogP contribution in [-0.4, -0.2) is 67.3 Å². The van der Waals surface area contributed by atoms with Gasteiger partial charge in [-0.1, -0.05) is 18.9 Å². The number of nitrogens with one attached hydrogen (secondary N) is 2. The largest absolute Gasteiger partial charge is 0.401 e. The first-order chi connectivity index (χ1) is 14.4. The zero-order valence-corrected chi connectivity index (χ0v) is 20.5. The number of pyridine rings is 1. The van der Waals surface area contributed by atoms with Crippen LogP contribution in [0, 0.1) is 0 Å². The predicted octanol–water partition coefficient (Wildman–Crippen LogP) is 3.77. The molecule has 6 nitrogen and oxygen atoms in total. The van der Waals surface area contributed by atoms with Crippen molar-refractivity contribution in [3.63, 3.8) is 0 Å². The van der Waals surface area contributed by atoms with Gasteiger partial charge in [-0.25, -0.2) is 9.98 Å². The monoisotopic (exact) mass is 554 g/mol. The van der Waals surface area contributed by atoms with Crippen molar-refractivity contribution in [2.75, 3.05) is 44.2 Å². The molecule has 2 aliphatic rings. The molecule has 1 aromatic heterocycles. The van der Waals surface area contributed by atoms with Crippen molar-refractivity contribution < 1.29 is 13.2 Å². The van der Waals surface area contributed by atoms with E-state index in [1.165, 1.54) is 30.6 Å². The first kappa shape index (κ1) is 26.0. The van der Waals surface area contributed by atoms with E-state index in [4.69, 9.17) is 0 Å². The smallest absolute Gasteiger partial charge is 0.357 e. The molecule has 0 radical (unpaired) electrons. The van der Waals surface area contributed by atoms with Gasteiger partial charge < -0.3 is 15.5 Å². The predicted molar refractivity (Wildman–Crippen MR) is 129 cm³/mol. The number of alkyl halides is 3. The van der Waals surface area contributed by atoms with Crippen molar-refractivity contribution in [1.29, 1.82) is 0 Å². The number of nitrogens with zero attached hydrogens (tertiary/aromatic N) is 4. The van der Waals surface area contributed by atoms with Gasteiger partial charge in [0.1, 0.15) is 5.82 Å². The van der Waals surface area contributed by atoms with E-state index < -0.39 is 12.7 Å². The zero-order chi connectivity index (χ0) is 21.4. The van der Waals surface area contributed by atoms with Crippen LogP contribution in [0.5, 0.6) is 0 Å². The van der Waals surface area contributed by atoms with E-state index in [9.17, 15) is 13.2 Å². The molecule has 2 N–H and O–H groups in total. The molecule has 1 aromatic rings. The fourth-order valence-electron chi connectivity index (χ4n) is 4.03. The van der Waals surface area contributed by atoms with Gasteiger partial charge in [0.15, 0.2) is 5.96 Å². The summed E-state index contributed by atoms with van der Waals surface area (Å²) in [7, 11) is 0. The van der Waals surface area contributed by atoms with E-state index >= 15 is 0 Å². The minimum atomic E-state index is -4.15. The van der Waals surface area contributed by atoms with Gasteiger partial charge in [0, 0.05) is 45.0 Å². The van der Waals surface area contributed by atoms with Crippen LogP contribution in [0.3, 0.4) is 0 Å². The Balaban J connectivity index is 0.00000341. The molecule has 1 atom stereocenters. The normalized spacial score (nSPS) is 20.8. The fraction of sp³-hybridized carbons (Fsp3) is 0.714. The second-order valence-corrected chi connectivity index (χ2v) is 8.10. The lowest BCUT2D eigenvalue weighted by Crippen LogP contribution is -2.45. The van der Waals surface area contributed by atoms with Crippen LogP contribution in [-0.2, 0) is 6.54 Å². The van der Waals surface area contributed by atoms with E-state index in [1.54, 1.807) is 0 Å².